The summed E-state index contributed by atoms with van der Waals surface area (Å²) in [6.45, 7) is 12.2. The molecule has 0 heterocycles. The van der Waals surface area contributed by atoms with E-state index >= 15 is 0 Å². The van der Waals surface area contributed by atoms with E-state index < -0.39 is 0 Å². The Morgan fingerprint density at radius 3 is 2.56 bits per heavy atom. The molecule has 0 aliphatic heterocycles. The van der Waals surface area contributed by atoms with Crippen LogP contribution in [0.1, 0.15) is 31.4 Å². The molecule has 1 aromatic carbocycles. The molecule has 0 unspecified atom stereocenters. The molecule has 1 heteroatoms. The highest BCUT2D eigenvalue weighted by molar-refractivity contribution is 5.60. The van der Waals surface area contributed by atoms with Gasteiger partial charge < -0.3 is 5.73 Å². The van der Waals surface area contributed by atoms with Crippen molar-refractivity contribution >= 4 is 5.70 Å². The van der Waals surface area contributed by atoms with Crippen LogP contribution in [0.2, 0.25) is 0 Å². The summed E-state index contributed by atoms with van der Waals surface area (Å²) in [5.74, 6) is 0.563. The van der Waals surface area contributed by atoms with Crippen molar-refractivity contribution in [2.24, 2.45) is 11.7 Å². The minimum absolute atomic E-state index is 0.563. The second-order valence-corrected chi connectivity index (χ2v) is 4.54. The monoisotopic (exact) mass is 215 g/mol. The van der Waals surface area contributed by atoms with Crippen molar-refractivity contribution in [1.82, 2.24) is 0 Å². The standard InChI is InChI=1S/C15H21N/c1-11(2)12(3)8-9-14-6-5-7-15(10-14)13(4)16/h5-7,10-11H,3-4,8-9,16H2,1-2H3. The topological polar surface area (TPSA) is 26.0 Å². The summed E-state index contributed by atoms with van der Waals surface area (Å²) in [7, 11) is 0. The lowest BCUT2D eigenvalue weighted by Gasteiger charge is -2.10. The first kappa shape index (κ1) is 12.6. The number of aryl methyl sites for hydroxylation is 1. The van der Waals surface area contributed by atoms with Crippen molar-refractivity contribution in [2.45, 2.75) is 26.7 Å². The molecule has 0 amide bonds. The van der Waals surface area contributed by atoms with Crippen LogP contribution in [0.25, 0.3) is 5.70 Å². The van der Waals surface area contributed by atoms with Crippen LogP contribution in [0.5, 0.6) is 0 Å². The van der Waals surface area contributed by atoms with Crippen LogP contribution in [-0.4, -0.2) is 0 Å². The molecule has 0 spiro atoms. The quantitative estimate of drug-likeness (QED) is 0.744. The third-order valence-corrected chi connectivity index (χ3v) is 2.85. The van der Waals surface area contributed by atoms with Crippen LogP contribution >= 0.6 is 0 Å². The van der Waals surface area contributed by atoms with E-state index in [-0.39, 0.29) is 0 Å². The molecule has 1 nitrogen and oxygen atoms in total. The first-order chi connectivity index (χ1) is 7.50. The van der Waals surface area contributed by atoms with Crippen LogP contribution < -0.4 is 5.73 Å². The molecule has 0 fully saturated rings. The van der Waals surface area contributed by atoms with Gasteiger partial charge in [0, 0.05) is 5.70 Å². The van der Waals surface area contributed by atoms with Crippen LogP contribution in [0, 0.1) is 5.92 Å². The first-order valence-electron chi connectivity index (χ1n) is 5.72. The summed E-state index contributed by atoms with van der Waals surface area (Å²) in [6, 6.07) is 8.25. The molecule has 2 N–H and O–H groups in total. The van der Waals surface area contributed by atoms with Gasteiger partial charge in [-0.15, -0.1) is 0 Å². The van der Waals surface area contributed by atoms with Gasteiger partial charge >= 0.3 is 0 Å². The van der Waals surface area contributed by atoms with E-state index in [4.69, 9.17) is 5.73 Å². The fourth-order valence-corrected chi connectivity index (χ4v) is 1.52. The summed E-state index contributed by atoms with van der Waals surface area (Å²) >= 11 is 0. The van der Waals surface area contributed by atoms with E-state index in [0.717, 1.165) is 18.4 Å². The molecule has 1 aromatic rings. The highest BCUT2D eigenvalue weighted by Gasteiger charge is 2.02. The average molecular weight is 215 g/mol. The van der Waals surface area contributed by atoms with Crippen molar-refractivity contribution in [3.63, 3.8) is 0 Å². The van der Waals surface area contributed by atoms with Crippen LogP contribution in [0.15, 0.2) is 43.0 Å². The zero-order valence-corrected chi connectivity index (χ0v) is 10.3. The van der Waals surface area contributed by atoms with Crippen molar-refractivity contribution in [3.8, 4) is 0 Å². The van der Waals surface area contributed by atoms with Crippen molar-refractivity contribution in [3.05, 3.63) is 54.1 Å². The Labute approximate surface area is 98.7 Å². The molecule has 1 rings (SSSR count). The number of hydrogen-bond donors (Lipinski definition) is 1. The second-order valence-electron chi connectivity index (χ2n) is 4.54. The van der Waals surface area contributed by atoms with Gasteiger partial charge in [0.2, 0.25) is 0 Å². The molecular formula is C15H21N. The summed E-state index contributed by atoms with van der Waals surface area (Å²) in [4.78, 5) is 0. The number of hydrogen-bond acceptors (Lipinski definition) is 1. The normalized spacial score (nSPS) is 10.4. The van der Waals surface area contributed by atoms with E-state index in [1.54, 1.807) is 0 Å². The SMILES string of the molecule is C=C(N)c1cccc(CCC(=C)C(C)C)c1. The maximum atomic E-state index is 5.67. The minimum Gasteiger partial charge on any atom is -0.399 e. The Morgan fingerprint density at radius 2 is 2.00 bits per heavy atom. The highest BCUT2D eigenvalue weighted by Crippen LogP contribution is 2.17. The Kier molecular flexibility index (Phi) is 4.36. The van der Waals surface area contributed by atoms with Crippen LogP contribution in [-0.2, 0) is 6.42 Å². The molecule has 0 aromatic heterocycles. The van der Waals surface area contributed by atoms with Gasteiger partial charge in [0.25, 0.3) is 0 Å². The summed E-state index contributed by atoms with van der Waals surface area (Å²) in [5.41, 5.74) is 9.92. The summed E-state index contributed by atoms with van der Waals surface area (Å²) < 4.78 is 0. The zero-order valence-electron chi connectivity index (χ0n) is 10.3. The minimum atomic E-state index is 0.563. The maximum Gasteiger partial charge on any atom is 0.0314 e. The molecule has 0 saturated carbocycles. The molecule has 86 valence electrons. The fourth-order valence-electron chi connectivity index (χ4n) is 1.52. The summed E-state index contributed by atoms with van der Waals surface area (Å²) in [5, 5.41) is 0. The van der Waals surface area contributed by atoms with Gasteiger partial charge in [-0.3, -0.25) is 0 Å². The number of benzene rings is 1. The Morgan fingerprint density at radius 1 is 1.31 bits per heavy atom. The molecule has 16 heavy (non-hydrogen) atoms. The molecule has 0 saturated heterocycles. The highest BCUT2D eigenvalue weighted by atomic mass is 14.6. The van der Waals surface area contributed by atoms with Gasteiger partial charge in [0.05, 0.1) is 0 Å². The predicted octanol–water partition coefficient (Wildman–Crippen LogP) is 3.76. The van der Waals surface area contributed by atoms with E-state index in [1.165, 1.54) is 11.1 Å². The van der Waals surface area contributed by atoms with E-state index in [2.05, 4.69) is 39.1 Å². The van der Waals surface area contributed by atoms with Crippen molar-refractivity contribution < 1.29 is 0 Å². The molecule has 0 radical (unpaired) electrons. The van der Waals surface area contributed by atoms with Gasteiger partial charge in [-0.1, -0.05) is 50.8 Å². The fraction of sp³-hybridized carbons (Fsp3) is 0.333. The van der Waals surface area contributed by atoms with E-state index in [0.29, 0.717) is 11.6 Å². The molecule has 0 aliphatic rings. The average Bonchev–Trinajstić information content (AvgIpc) is 2.26. The van der Waals surface area contributed by atoms with E-state index in [1.807, 2.05) is 12.1 Å². The van der Waals surface area contributed by atoms with Gasteiger partial charge in [0.1, 0.15) is 0 Å². The summed E-state index contributed by atoms with van der Waals surface area (Å²) in [6.07, 6.45) is 2.07. The number of allylic oxidation sites excluding steroid dienone is 1. The lowest BCUT2D eigenvalue weighted by atomic mass is 9.97. The Bertz CT molecular complexity index is 388. The van der Waals surface area contributed by atoms with Gasteiger partial charge in [-0.05, 0) is 36.0 Å². The molecular weight excluding hydrogens is 194 g/mol. The number of rotatable bonds is 5. The van der Waals surface area contributed by atoms with Crippen molar-refractivity contribution in [1.29, 1.82) is 0 Å². The predicted molar refractivity (Wildman–Crippen MR) is 72.0 cm³/mol. The Balaban J connectivity index is 2.64. The van der Waals surface area contributed by atoms with E-state index in [9.17, 15) is 0 Å². The van der Waals surface area contributed by atoms with Crippen LogP contribution in [0.4, 0.5) is 0 Å². The van der Waals surface area contributed by atoms with Gasteiger partial charge in [0.15, 0.2) is 0 Å². The first-order valence-corrected chi connectivity index (χ1v) is 5.72. The van der Waals surface area contributed by atoms with Crippen LogP contribution in [0.3, 0.4) is 0 Å². The largest absolute Gasteiger partial charge is 0.399 e. The third-order valence-electron chi connectivity index (χ3n) is 2.85. The lowest BCUT2D eigenvalue weighted by Crippen LogP contribution is -1.97. The lowest BCUT2D eigenvalue weighted by molar-refractivity contribution is 0.713. The molecule has 0 bridgehead atoms. The zero-order chi connectivity index (χ0) is 12.1. The smallest absolute Gasteiger partial charge is 0.0314 e. The second kappa shape index (κ2) is 5.55. The van der Waals surface area contributed by atoms with Gasteiger partial charge in [-0.2, -0.15) is 0 Å². The van der Waals surface area contributed by atoms with Crippen molar-refractivity contribution in [2.75, 3.05) is 0 Å². The Hall–Kier alpha value is -1.50. The number of nitrogens with two attached hydrogens (primary N) is 1. The maximum absolute atomic E-state index is 5.67. The third kappa shape index (κ3) is 3.58. The molecule has 0 atom stereocenters. The van der Waals surface area contributed by atoms with Gasteiger partial charge in [-0.25, -0.2) is 0 Å². The molecule has 0 aliphatic carbocycles.